The SMILES string of the molecule is C1CCNCC1.CC#CC#CC#CC.CC[C@@H](C)[C@H](O)c1cc(F)c2c(c1)OCCO2.C[C@H](CN1CCCCC1)[C@H](O)c1cc(F)c2c(c1)OCCO2.N[C@H](CN1CCCCC1)[C@H](O)c1cc(F)c2c(c1)OCCO2.O=C(N[C@H](CN1CCCCC1)[C@H](O)c1cc(F)c2c(c1)OCCO2)[C@@H]1CCN(c2ccc(Cl)cc2)C1.O=C(N[C@H](CN1CCCCC1)[C@H](O)c1cc(F)c2c(c1)OCCO2)[C@H]1CCN(c2ccc(Cl)cc2)C1. The Morgan fingerprint density at radius 1 is 0.374 bits per heavy atom. The molecule has 10 N–H and O–H groups in total. The van der Waals surface area contributed by atoms with Gasteiger partial charge < -0.3 is 124 Å². The Morgan fingerprint density at radius 3 is 0.946 bits per heavy atom. The molecule has 0 radical (unpaired) electrons. The van der Waals surface area contributed by atoms with Crippen LogP contribution in [-0.2, 0) is 9.59 Å². The number of aliphatic hydroxyl groups is 5. The molecule has 0 bridgehead atoms. The molecule has 0 aromatic heterocycles. The summed E-state index contributed by atoms with van der Waals surface area (Å²) in [6.45, 7) is 28.4. The fraction of sp³-hybridized carbons (Fsp3) is 0.558. The van der Waals surface area contributed by atoms with Gasteiger partial charge >= 0.3 is 0 Å². The number of nitrogens with zero attached hydrogens (tertiary/aromatic N) is 6. The van der Waals surface area contributed by atoms with Crippen LogP contribution in [0.3, 0.4) is 0 Å². The van der Waals surface area contributed by atoms with Crippen molar-refractivity contribution in [3.8, 4) is 93.0 Å². The zero-order valence-corrected chi connectivity index (χ0v) is 86.9. The highest BCUT2D eigenvalue weighted by molar-refractivity contribution is 6.31. The lowest BCUT2D eigenvalue weighted by atomic mass is 9.95. The van der Waals surface area contributed by atoms with E-state index in [4.69, 9.17) is 76.3 Å². The van der Waals surface area contributed by atoms with Gasteiger partial charge in [0, 0.05) is 79.8 Å². The molecule has 12 aliphatic heterocycles. The first-order valence-electron chi connectivity index (χ1n) is 52.5. The van der Waals surface area contributed by atoms with Gasteiger partial charge in [-0.25, -0.2) is 22.0 Å². The summed E-state index contributed by atoms with van der Waals surface area (Å²) in [5.41, 5.74) is 10.5. The zero-order valence-electron chi connectivity index (χ0n) is 85.4. The Morgan fingerprint density at radius 2 is 0.653 bits per heavy atom. The van der Waals surface area contributed by atoms with E-state index in [1.807, 2.05) is 69.3 Å². The Balaban J connectivity index is 0.000000152. The van der Waals surface area contributed by atoms with Crippen LogP contribution >= 0.6 is 23.2 Å². The largest absolute Gasteiger partial charge is 0.486 e. The van der Waals surface area contributed by atoms with Crippen molar-refractivity contribution < 1.29 is 104 Å². The zero-order chi connectivity index (χ0) is 104. The van der Waals surface area contributed by atoms with Crippen molar-refractivity contribution in [1.29, 1.82) is 0 Å². The standard InChI is InChI=1S/2C27H33ClFN3O4.C17H24FNO3.C16H23FN2O3.C13H17FO3.C8H6.C5H11N/c2*28-20-4-6-21(7-5-20)32-11-8-18(16-32)27(34)30-23(17-31-9-2-1-3-10-31)25(33)19-14-22(29)26-24(15-19)35-12-13-36-26;1-12(11-19-5-3-2-4-6-19)16(20)13-9-14(18)17-15(10-13)21-7-8-22-17;17-12-8-11(9-14-16(12)22-7-6-21-14)15(20)13(18)10-19-4-2-1-3-5-19;1-3-8(2)12(15)9-6-10(14)13-11(7-9)16-4-5-17-13;1-3-5-7-8-6-4-2;1-2-4-6-5-3-1/h2*4-7,14-15,18,23,25,33H,1-3,8-13,16-17H2,(H,30,34);9-10,12,16,20H,2-8,11H2,1H3;8-9,13,15,20H,1-7,10,18H2;6-8,12,15H,3-5H2,1-2H3;1-2H3;6H,1-5H2/t18-,23+,25+;18-,23-,25-;12-,16+;13-,15-;8-,12+;;/m01111../s1. The summed E-state index contributed by atoms with van der Waals surface area (Å²) < 4.78 is 125. The molecule has 12 atom stereocenters. The molecule has 19 rings (SSSR count). The highest BCUT2D eigenvalue weighted by Gasteiger charge is 2.39. The summed E-state index contributed by atoms with van der Waals surface area (Å²) in [6, 6.07) is 28.4. The number of benzene rings is 7. The van der Waals surface area contributed by atoms with Crippen molar-refractivity contribution >= 4 is 46.4 Å². The molecule has 7 aromatic rings. The van der Waals surface area contributed by atoms with Gasteiger partial charge in [-0.2, -0.15) is 0 Å². The number of halogens is 7. The molecule has 34 heteroatoms. The van der Waals surface area contributed by atoms with Gasteiger partial charge in [-0.05, 0) is 329 Å². The fourth-order valence-electron chi connectivity index (χ4n) is 19.9. The fourth-order valence-corrected chi connectivity index (χ4v) is 20.1. The van der Waals surface area contributed by atoms with Gasteiger partial charge in [0.2, 0.25) is 11.8 Å². The van der Waals surface area contributed by atoms with Crippen LogP contribution in [0.5, 0.6) is 57.5 Å². The van der Waals surface area contributed by atoms with Crippen molar-refractivity contribution in [3.05, 3.63) is 176 Å². The first-order chi connectivity index (χ1) is 71.3. The van der Waals surface area contributed by atoms with E-state index in [2.05, 4.69) is 80.9 Å². The summed E-state index contributed by atoms with van der Waals surface area (Å²) in [5.74, 6) is 14.7. The van der Waals surface area contributed by atoms with Crippen molar-refractivity contribution in [2.45, 2.75) is 199 Å². The molecule has 7 saturated heterocycles. The summed E-state index contributed by atoms with van der Waals surface area (Å²) in [5, 5.41) is 64.6. The van der Waals surface area contributed by atoms with Gasteiger partial charge in [-0.15, -0.1) is 0 Å². The van der Waals surface area contributed by atoms with Gasteiger partial charge in [-0.3, -0.25) is 9.59 Å². The second-order valence-corrected chi connectivity index (χ2v) is 40.1. The van der Waals surface area contributed by atoms with E-state index in [0.29, 0.717) is 141 Å². The van der Waals surface area contributed by atoms with Crippen molar-refractivity contribution in [3.63, 3.8) is 0 Å². The van der Waals surface area contributed by atoms with E-state index < -0.39 is 77.7 Å². The van der Waals surface area contributed by atoms with E-state index in [1.165, 1.54) is 114 Å². The maximum absolute atomic E-state index is 14.7. The Bertz CT molecular complexity index is 5230. The molecule has 0 aliphatic carbocycles. The third-order valence-electron chi connectivity index (χ3n) is 28.2. The van der Waals surface area contributed by atoms with E-state index in [9.17, 15) is 57.1 Å². The van der Waals surface area contributed by atoms with Gasteiger partial charge in [-0.1, -0.05) is 94.3 Å². The van der Waals surface area contributed by atoms with E-state index >= 15 is 0 Å². The van der Waals surface area contributed by atoms with Gasteiger partial charge in [0.1, 0.15) is 78.3 Å². The van der Waals surface area contributed by atoms with Crippen LogP contribution in [0.15, 0.2) is 109 Å². The maximum Gasteiger partial charge on any atom is 0.225 e. The van der Waals surface area contributed by atoms with Gasteiger partial charge in [0.05, 0.1) is 42.2 Å². The van der Waals surface area contributed by atoms with Crippen LogP contribution in [0.1, 0.15) is 209 Å². The lowest BCUT2D eigenvalue weighted by Gasteiger charge is -2.34. The van der Waals surface area contributed by atoms with Crippen LogP contribution in [0.25, 0.3) is 0 Å². The molecular formula is C113H147Cl2F5N10O17. The van der Waals surface area contributed by atoms with E-state index in [0.717, 1.165) is 128 Å². The second kappa shape index (κ2) is 58.6. The van der Waals surface area contributed by atoms with E-state index in [-0.39, 0.29) is 88.9 Å². The molecular weight excluding hydrogens is 1940 g/mol. The highest BCUT2D eigenvalue weighted by atomic mass is 35.5. The summed E-state index contributed by atoms with van der Waals surface area (Å²) in [6.07, 6.45) is 16.1. The quantitative estimate of drug-likeness (QED) is 0.0190. The molecule has 12 aliphatic rings. The highest BCUT2D eigenvalue weighted by Crippen LogP contribution is 2.44. The number of hydrogen-bond acceptors (Lipinski definition) is 25. The number of carbonyl (C=O) groups excluding carboxylic acids is 2. The predicted octanol–water partition coefficient (Wildman–Crippen LogP) is 16.2. The van der Waals surface area contributed by atoms with E-state index in [1.54, 1.807) is 44.2 Å². The molecule has 0 unspecified atom stereocenters. The number of amides is 2. The van der Waals surface area contributed by atoms with Crippen LogP contribution in [-0.4, -0.2) is 259 Å². The molecule has 12 heterocycles. The van der Waals surface area contributed by atoms with Gasteiger partial charge in [0.25, 0.3) is 0 Å². The Kier molecular flexibility index (Phi) is 45.4. The minimum atomic E-state index is -1.09. The number of fused-ring (bicyclic) bond motifs is 5. The van der Waals surface area contributed by atoms with Crippen LogP contribution in [0.2, 0.25) is 10.0 Å². The Labute approximate surface area is 872 Å². The molecule has 0 spiro atoms. The molecule has 7 aromatic carbocycles. The van der Waals surface area contributed by atoms with Crippen molar-refractivity contribution in [1.82, 2.24) is 35.6 Å². The first-order valence-corrected chi connectivity index (χ1v) is 53.2. The number of nitrogens with two attached hydrogens (primary N) is 1. The number of likely N-dealkylation sites (tertiary alicyclic amines) is 4. The number of carbonyl (C=O) groups is 2. The monoisotopic (exact) mass is 2080 g/mol. The Hall–Kier alpha value is -10.5. The molecule has 7 fully saturated rings. The number of piperidine rings is 5. The van der Waals surface area contributed by atoms with Crippen molar-refractivity contribution in [2.24, 2.45) is 29.4 Å². The number of anilines is 2. The number of aliphatic hydroxyl groups excluding tert-OH is 5. The molecule has 147 heavy (non-hydrogen) atoms. The molecule has 0 saturated carbocycles. The summed E-state index contributed by atoms with van der Waals surface area (Å²) in [4.78, 5) is 40.2. The average molecular weight is 2080 g/mol. The number of nitrogens with one attached hydrogen (secondary N) is 3. The lowest BCUT2D eigenvalue weighted by molar-refractivity contribution is -0.127. The minimum absolute atomic E-state index is 0.0417. The van der Waals surface area contributed by atoms with Crippen LogP contribution < -0.4 is 78.9 Å². The normalized spacial score (nSPS) is 20.3. The third-order valence-corrected chi connectivity index (χ3v) is 28.7. The number of rotatable bonds is 25. The first kappa shape index (κ1) is 114. The maximum atomic E-state index is 14.7. The average Bonchev–Trinajstić information content (AvgIpc) is 1.37. The smallest absolute Gasteiger partial charge is 0.225 e. The second-order valence-electron chi connectivity index (χ2n) is 39.2. The van der Waals surface area contributed by atoms with Crippen LogP contribution in [0.4, 0.5) is 33.3 Å². The minimum Gasteiger partial charge on any atom is -0.486 e. The molecule has 2 amide bonds. The third kappa shape index (κ3) is 33.8. The summed E-state index contributed by atoms with van der Waals surface area (Å²) in [7, 11) is 0. The topological polar surface area (TPSA) is 309 Å². The number of hydrogen-bond donors (Lipinski definition) is 9. The number of ether oxygens (including phenoxy) is 10. The lowest BCUT2D eigenvalue weighted by Crippen LogP contribution is -2.50. The molecule has 27 nitrogen and oxygen atoms in total. The van der Waals surface area contributed by atoms with Gasteiger partial charge in [0.15, 0.2) is 86.6 Å². The molecule has 800 valence electrons. The van der Waals surface area contributed by atoms with Crippen LogP contribution in [0, 0.1) is 88.3 Å². The predicted molar refractivity (Wildman–Crippen MR) is 558 cm³/mol. The summed E-state index contributed by atoms with van der Waals surface area (Å²) >= 11 is 12.0. The van der Waals surface area contributed by atoms with Crippen molar-refractivity contribution in [2.75, 3.05) is 194 Å².